The Hall–Kier alpha value is -4.15. The van der Waals surface area contributed by atoms with Gasteiger partial charge in [-0.1, -0.05) is 59.6 Å². The van der Waals surface area contributed by atoms with Gasteiger partial charge >= 0.3 is 5.97 Å². The number of aromatic carboxylic acids is 1. The molecule has 1 aromatic heterocycles. The highest BCUT2D eigenvalue weighted by molar-refractivity contribution is 9.10. The van der Waals surface area contributed by atoms with Crippen molar-refractivity contribution in [1.29, 1.82) is 0 Å². The van der Waals surface area contributed by atoms with Gasteiger partial charge in [-0.2, -0.15) is 4.68 Å². The molecule has 1 amide bonds. The van der Waals surface area contributed by atoms with E-state index < -0.39 is 17.4 Å². The van der Waals surface area contributed by atoms with E-state index in [2.05, 4.69) is 31.5 Å². The molecule has 1 aliphatic heterocycles. The first-order valence-corrected chi connectivity index (χ1v) is 13.9. The second kappa shape index (κ2) is 11.4. The van der Waals surface area contributed by atoms with Gasteiger partial charge in [0, 0.05) is 39.5 Å². The Bertz CT molecular complexity index is 1670. The number of fused-ring (bicyclic) bond motifs is 1. The fourth-order valence-electron chi connectivity index (χ4n) is 5.13. The molecule has 208 valence electrons. The fraction of sp³-hybridized carbons (Fsp3) is 0.200. The lowest BCUT2D eigenvalue weighted by atomic mass is 9.74. The first kappa shape index (κ1) is 28.4. The van der Waals surface area contributed by atoms with Gasteiger partial charge in [-0.25, -0.2) is 4.79 Å². The van der Waals surface area contributed by atoms with Crippen molar-refractivity contribution >= 4 is 51.3 Å². The number of carboxylic acid groups (broad SMARTS) is 1. The zero-order valence-corrected chi connectivity index (χ0v) is 24.5. The van der Waals surface area contributed by atoms with Gasteiger partial charge in [0.15, 0.2) is 5.78 Å². The molecule has 9 nitrogen and oxygen atoms in total. The lowest BCUT2D eigenvalue weighted by Crippen LogP contribution is -2.50. The molecule has 0 fully saturated rings. The summed E-state index contributed by atoms with van der Waals surface area (Å²) in [6.45, 7) is 4.39. The molecule has 11 heteroatoms. The van der Waals surface area contributed by atoms with Crippen LogP contribution in [0, 0.1) is 0 Å². The summed E-state index contributed by atoms with van der Waals surface area (Å²) in [7, 11) is 0. The molecule has 2 heterocycles. The molecule has 1 aliphatic rings. The average molecular weight is 635 g/mol. The van der Waals surface area contributed by atoms with E-state index in [0.717, 1.165) is 15.6 Å². The highest BCUT2D eigenvalue weighted by atomic mass is 79.9. The lowest BCUT2D eigenvalue weighted by Gasteiger charge is -2.44. The molecule has 4 aromatic rings. The summed E-state index contributed by atoms with van der Waals surface area (Å²) in [5.74, 6) is -1.55. The summed E-state index contributed by atoms with van der Waals surface area (Å²) in [6, 6.07) is 16.3. The number of nitrogens with zero attached hydrogens (tertiary/aromatic N) is 5. The Morgan fingerprint density at radius 3 is 2.54 bits per heavy atom. The maximum atomic E-state index is 13.9. The number of benzene rings is 3. The standard InChI is InChI=1S/C30H25BrClN5O4/c1-30(2)16-36(27(39)12-7-20-14-22(32)9-11-25(20)37-17-33-34-35-37)28(23-10-8-21(31)15-24(23)30)26(38)13-18-3-5-19(6-4-18)29(40)41/h3-12,14-15,17,28H,13,16H2,1-2H3,(H,40,41)/b12-7+. The molecule has 0 radical (unpaired) electrons. The van der Waals surface area contributed by atoms with E-state index >= 15 is 0 Å². The van der Waals surface area contributed by atoms with Crippen LogP contribution in [0.15, 0.2) is 77.5 Å². The number of hydrogen-bond donors (Lipinski definition) is 1. The third-order valence-electron chi connectivity index (χ3n) is 7.07. The molecule has 1 N–H and O–H groups in total. The van der Waals surface area contributed by atoms with Crippen molar-refractivity contribution in [2.24, 2.45) is 0 Å². The molecule has 0 aliphatic carbocycles. The van der Waals surface area contributed by atoms with Crippen molar-refractivity contribution in [3.8, 4) is 5.69 Å². The number of Topliss-reactive ketones (excluding diaryl/α,β-unsaturated/α-hetero) is 1. The summed E-state index contributed by atoms with van der Waals surface area (Å²) in [6.07, 6.45) is 4.55. The topological polar surface area (TPSA) is 118 Å². The first-order chi connectivity index (χ1) is 19.5. The van der Waals surface area contributed by atoms with Crippen LogP contribution in [-0.2, 0) is 21.4 Å². The third-order valence-corrected chi connectivity index (χ3v) is 7.80. The molecule has 41 heavy (non-hydrogen) atoms. The number of carbonyl (C=O) groups excluding carboxylic acids is 2. The van der Waals surface area contributed by atoms with Crippen molar-refractivity contribution in [2.75, 3.05) is 6.54 Å². The molecule has 0 saturated carbocycles. The van der Waals surface area contributed by atoms with Crippen LogP contribution in [0.1, 0.15) is 52.5 Å². The van der Waals surface area contributed by atoms with E-state index in [1.54, 1.807) is 41.3 Å². The van der Waals surface area contributed by atoms with Crippen molar-refractivity contribution in [3.63, 3.8) is 0 Å². The number of carbonyl (C=O) groups is 3. The minimum atomic E-state index is -1.04. The highest BCUT2D eigenvalue weighted by Gasteiger charge is 2.42. The summed E-state index contributed by atoms with van der Waals surface area (Å²) in [5, 5.41) is 21.0. The van der Waals surface area contributed by atoms with Crippen LogP contribution in [0.3, 0.4) is 0 Å². The molecule has 1 atom stereocenters. The van der Waals surface area contributed by atoms with E-state index in [0.29, 0.717) is 28.4 Å². The fourth-order valence-corrected chi connectivity index (χ4v) is 5.68. The van der Waals surface area contributed by atoms with Gasteiger partial charge in [0.25, 0.3) is 0 Å². The van der Waals surface area contributed by atoms with Gasteiger partial charge in [0.2, 0.25) is 5.91 Å². The SMILES string of the molecule is CC1(C)CN(C(=O)/C=C/c2cc(Cl)ccc2-n2cnnn2)C(C(=O)Cc2ccc(C(=O)O)cc2)c2ccc(Br)cc21. The Labute approximate surface area is 249 Å². The van der Waals surface area contributed by atoms with Gasteiger partial charge < -0.3 is 10.0 Å². The van der Waals surface area contributed by atoms with Crippen LogP contribution in [0.25, 0.3) is 11.8 Å². The van der Waals surface area contributed by atoms with Gasteiger partial charge in [0.1, 0.15) is 12.4 Å². The van der Waals surface area contributed by atoms with E-state index in [-0.39, 0.29) is 23.7 Å². The Balaban J connectivity index is 1.51. The van der Waals surface area contributed by atoms with Crippen molar-refractivity contribution in [1.82, 2.24) is 25.1 Å². The first-order valence-electron chi connectivity index (χ1n) is 12.7. The van der Waals surface area contributed by atoms with Crippen LogP contribution in [-0.4, -0.2) is 54.4 Å². The van der Waals surface area contributed by atoms with Crippen LogP contribution in [0.4, 0.5) is 0 Å². The van der Waals surface area contributed by atoms with E-state index in [1.165, 1.54) is 29.2 Å². The van der Waals surface area contributed by atoms with Gasteiger partial charge in [-0.3, -0.25) is 9.59 Å². The van der Waals surface area contributed by atoms with Crippen LogP contribution >= 0.6 is 27.5 Å². The monoisotopic (exact) mass is 633 g/mol. The average Bonchev–Trinajstić information content (AvgIpc) is 3.47. The molecular weight excluding hydrogens is 610 g/mol. The number of amides is 1. The minimum Gasteiger partial charge on any atom is -0.478 e. The summed E-state index contributed by atoms with van der Waals surface area (Å²) >= 11 is 9.79. The predicted octanol–water partition coefficient (Wildman–Crippen LogP) is 5.46. The maximum absolute atomic E-state index is 13.9. The van der Waals surface area contributed by atoms with Gasteiger partial charge in [0.05, 0.1) is 11.3 Å². The van der Waals surface area contributed by atoms with E-state index in [9.17, 15) is 19.5 Å². The highest BCUT2D eigenvalue weighted by Crippen LogP contribution is 2.42. The predicted molar refractivity (Wildman–Crippen MR) is 157 cm³/mol. The molecular formula is C30H25BrClN5O4. The van der Waals surface area contributed by atoms with Crippen molar-refractivity contribution in [3.05, 3.63) is 110 Å². The number of halogens is 2. The van der Waals surface area contributed by atoms with Crippen molar-refractivity contribution in [2.45, 2.75) is 31.7 Å². The van der Waals surface area contributed by atoms with Gasteiger partial charge in [-0.15, -0.1) is 5.10 Å². The summed E-state index contributed by atoms with van der Waals surface area (Å²) in [5.41, 5.74) is 3.37. The second-order valence-corrected chi connectivity index (χ2v) is 11.8. The normalized spacial score (nSPS) is 16.0. The zero-order chi connectivity index (χ0) is 29.3. The van der Waals surface area contributed by atoms with Crippen LogP contribution in [0.5, 0.6) is 0 Å². The molecule has 0 saturated heterocycles. The number of rotatable bonds is 7. The maximum Gasteiger partial charge on any atom is 0.335 e. The molecule has 1 unspecified atom stereocenters. The largest absolute Gasteiger partial charge is 0.478 e. The van der Waals surface area contributed by atoms with Crippen molar-refractivity contribution < 1.29 is 19.5 Å². The molecule has 3 aromatic carbocycles. The third kappa shape index (κ3) is 5.98. The molecule has 0 spiro atoms. The van der Waals surface area contributed by atoms with Crippen LogP contribution in [0.2, 0.25) is 5.02 Å². The number of aromatic nitrogens is 4. The summed E-state index contributed by atoms with van der Waals surface area (Å²) in [4.78, 5) is 40.6. The number of ketones is 1. The number of carboxylic acids is 1. The zero-order valence-electron chi connectivity index (χ0n) is 22.2. The number of tetrazole rings is 1. The molecule has 0 bridgehead atoms. The Morgan fingerprint density at radius 1 is 1.10 bits per heavy atom. The summed E-state index contributed by atoms with van der Waals surface area (Å²) < 4.78 is 2.36. The quantitative estimate of drug-likeness (QED) is 0.268. The van der Waals surface area contributed by atoms with E-state index in [1.807, 2.05) is 32.0 Å². The second-order valence-electron chi connectivity index (χ2n) is 10.4. The minimum absolute atomic E-state index is 0.0335. The number of hydrogen-bond acceptors (Lipinski definition) is 6. The van der Waals surface area contributed by atoms with E-state index in [4.69, 9.17) is 11.6 Å². The lowest BCUT2D eigenvalue weighted by molar-refractivity contribution is -0.137. The van der Waals surface area contributed by atoms with Crippen LogP contribution < -0.4 is 0 Å². The Kier molecular flexibility index (Phi) is 7.88. The van der Waals surface area contributed by atoms with Gasteiger partial charge in [-0.05, 0) is 75.7 Å². The Morgan fingerprint density at radius 2 is 1.85 bits per heavy atom. The smallest absolute Gasteiger partial charge is 0.335 e. The molecule has 5 rings (SSSR count).